The molecular weight excluding hydrogens is 256 g/mol. The third-order valence-electron chi connectivity index (χ3n) is 3.96. The van der Waals surface area contributed by atoms with Crippen molar-refractivity contribution < 1.29 is 22.1 Å². The Morgan fingerprint density at radius 1 is 1.06 bits per heavy atom. The first-order valence-electron chi connectivity index (χ1n) is 6.46. The third-order valence-corrected chi connectivity index (χ3v) is 4.58. The molecule has 18 heavy (non-hydrogen) atoms. The Hall–Kier alpha value is -0.170. The second kappa shape index (κ2) is 5.86. The summed E-state index contributed by atoms with van der Waals surface area (Å²) in [5.74, 6) is 1.13. The molecule has 5 nitrogen and oxygen atoms in total. The van der Waals surface area contributed by atoms with Crippen LogP contribution in [0.2, 0.25) is 0 Å². The lowest BCUT2D eigenvalue weighted by molar-refractivity contribution is -0.0922. The molecule has 0 aliphatic heterocycles. The lowest BCUT2D eigenvalue weighted by Crippen LogP contribution is -2.27. The fourth-order valence-electron chi connectivity index (χ4n) is 3.30. The first-order valence-corrected chi connectivity index (χ1v) is 8.28. The van der Waals surface area contributed by atoms with Crippen LogP contribution in [0.4, 0.5) is 0 Å². The lowest BCUT2D eigenvalue weighted by Gasteiger charge is -2.31. The van der Waals surface area contributed by atoms with Gasteiger partial charge in [-0.05, 0) is 43.9 Å². The highest BCUT2D eigenvalue weighted by Crippen LogP contribution is 2.44. The molecule has 0 N–H and O–H groups in total. The Balaban J connectivity index is 1.83. The Labute approximate surface area is 109 Å². The van der Waals surface area contributed by atoms with Gasteiger partial charge in [0.1, 0.15) is 6.79 Å². The van der Waals surface area contributed by atoms with E-state index in [9.17, 15) is 8.42 Å². The maximum absolute atomic E-state index is 11.1. The van der Waals surface area contributed by atoms with Gasteiger partial charge in [-0.25, -0.2) is 0 Å². The van der Waals surface area contributed by atoms with Gasteiger partial charge in [0.25, 0.3) is 10.1 Å². The van der Waals surface area contributed by atoms with Crippen LogP contribution in [0.1, 0.15) is 32.1 Å². The first kappa shape index (κ1) is 14.2. The predicted molar refractivity (Wildman–Crippen MR) is 66.5 cm³/mol. The normalized spacial score (nSPS) is 36.6. The van der Waals surface area contributed by atoms with Crippen LogP contribution in [0.15, 0.2) is 0 Å². The van der Waals surface area contributed by atoms with Gasteiger partial charge in [0.05, 0.1) is 18.5 Å². The minimum Gasteiger partial charge on any atom is -0.359 e. The Morgan fingerprint density at radius 2 is 1.72 bits per heavy atom. The number of hydrogen-bond acceptors (Lipinski definition) is 5. The predicted octanol–water partition coefficient (Wildman–Crippen LogP) is 1.53. The number of hydrogen-bond donors (Lipinski definition) is 0. The Bertz CT molecular complexity index is 367. The van der Waals surface area contributed by atoms with E-state index < -0.39 is 10.1 Å². The molecule has 4 atom stereocenters. The zero-order valence-corrected chi connectivity index (χ0v) is 11.8. The molecule has 2 rings (SSSR count). The molecule has 0 aromatic rings. The van der Waals surface area contributed by atoms with Crippen molar-refractivity contribution in [2.75, 3.05) is 20.2 Å². The number of methoxy groups -OCH3 is 1. The van der Waals surface area contributed by atoms with Gasteiger partial charge in [0.15, 0.2) is 0 Å². The zero-order chi connectivity index (χ0) is 13.2. The number of ether oxygens (including phenoxy) is 2. The summed E-state index contributed by atoms with van der Waals surface area (Å²) in [4.78, 5) is 0. The van der Waals surface area contributed by atoms with Crippen LogP contribution >= 0.6 is 0 Å². The monoisotopic (exact) mass is 278 g/mol. The average Bonchev–Trinajstić information content (AvgIpc) is 2.64. The first-order chi connectivity index (χ1) is 8.48. The third kappa shape index (κ3) is 3.91. The van der Waals surface area contributed by atoms with Gasteiger partial charge in [-0.2, -0.15) is 8.42 Å². The molecule has 0 aromatic carbocycles. The van der Waals surface area contributed by atoms with E-state index in [4.69, 9.17) is 13.7 Å². The molecule has 2 fully saturated rings. The van der Waals surface area contributed by atoms with E-state index in [-0.39, 0.29) is 12.2 Å². The van der Waals surface area contributed by atoms with Crippen molar-refractivity contribution in [1.82, 2.24) is 0 Å². The fourth-order valence-corrected chi connectivity index (χ4v) is 3.95. The van der Waals surface area contributed by atoms with Crippen molar-refractivity contribution in [3.05, 3.63) is 0 Å². The van der Waals surface area contributed by atoms with Crippen LogP contribution in [0, 0.1) is 11.8 Å². The van der Waals surface area contributed by atoms with Crippen LogP contribution in [0.5, 0.6) is 0 Å². The SMILES string of the molecule is COCO[C@@H]1CCC2C[C@H](OS(C)(=O)=O)CC2C1. The van der Waals surface area contributed by atoms with Gasteiger partial charge in [0.2, 0.25) is 0 Å². The van der Waals surface area contributed by atoms with Crippen LogP contribution < -0.4 is 0 Å². The van der Waals surface area contributed by atoms with Crippen molar-refractivity contribution in [1.29, 1.82) is 0 Å². The molecule has 0 saturated heterocycles. The van der Waals surface area contributed by atoms with Crippen molar-refractivity contribution in [2.45, 2.75) is 44.3 Å². The summed E-state index contributed by atoms with van der Waals surface area (Å²) in [6, 6.07) is 0. The second-order valence-corrected chi connectivity index (χ2v) is 7.02. The highest BCUT2D eigenvalue weighted by atomic mass is 32.2. The summed E-state index contributed by atoms with van der Waals surface area (Å²) in [7, 11) is -1.71. The van der Waals surface area contributed by atoms with E-state index in [1.165, 1.54) is 0 Å². The van der Waals surface area contributed by atoms with E-state index in [0.717, 1.165) is 38.4 Å². The minimum absolute atomic E-state index is 0.129. The van der Waals surface area contributed by atoms with Crippen molar-refractivity contribution >= 4 is 10.1 Å². The van der Waals surface area contributed by atoms with E-state index in [0.29, 0.717) is 18.6 Å². The molecule has 0 radical (unpaired) electrons. The van der Waals surface area contributed by atoms with E-state index in [2.05, 4.69) is 0 Å². The summed E-state index contributed by atoms with van der Waals surface area (Å²) in [5, 5.41) is 0. The van der Waals surface area contributed by atoms with Crippen LogP contribution in [0.3, 0.4) is 0 Å². The largest absolute Gasteiger partial charge is 0.359 e. The molecule has 2 saturated carbocycles. The van der Waals surface area contributed by atoms with Gasteiger partial charge in [-0.1, -0.05) is 0 Å². The van der Waals surface area contributed by atoms with E-state index in [1.807, 2.05) is 0 Å². The quantitative estimate of drug-likeness (QED) is 0.564. The van der Waals surface area contributed by atoms with Gasteiger partial charge in [-0.3, -0.25) is 4.18 Å². The Kier molecular flexibility index (Phi) is 4.64. The zero-order valence-electron chi connectivity index (χ0n) is 11.0. The lowest BCUT2D eigenvalue weighted by atomic mass is 9.80. The minimum atomic E-state index is -3.33. The number of rotatable bonds is 5. The molecule has 0 aromatic heterocycles. The summed E-state index contributed by atoms with van der Waals surface area (Å²) >= 11 is 0. The van der Waals surface area contributed by atoms with Crippen LogP contribution in [-0.4, -0.2) is 40.8 Å². The van der Waals surface area contributed by atoms with E-state index >= 15 is 0 Å². The van der Waals surface area contributed by atoms with Crippen LogP contribution in [-0.2, 0) is 23.8 Å². The summed E-state index contributed by atoms with van der Waals surface area (Å²) in [6.07, 6.45) is 6.09. The average molecular weight is 278 g/mol. The summed E-state index contributed by atoms with van der Waals surface area (Å²) in [5.41, 5.74) is 0. The topological polar surface area (TPSA) is 61.8 Å². The van der Waals surface area contributed by atoms with Gasteiger partial charge >= 0.3 is 0 Å². The standard InChI is InChI=1S/C12H22O5S/c1-15-8-16-11-4-3-9-5-12(7-10(9)6-11)17-18(2,13)14/h9-12H,3-8H2,1-2H3/t9?,10?,11-,12+/m1/s1. The van der Waals surface area contributed by atoms with Crippen molar-refractivity contribution in [2.24, 2.45) is 11.8 Å². The molecular formula is C12H22O5S. The van der Waals surface area contributed by atoms with Crippen molar-refractivity contribution in [3.63, 3.8) is 0 Å². The highest BCUT2D eigenvalue weighted by Gasteiger charge is 2.40. The smallest absolute Gasteiger partial charge is 0.264 e. The second-order valence-electron chi connectivity index (χ2n) is 5.42. The van der Waals surface area contributed by atoms with E-state index in [1.54, 1.807) is 7.11 Å². The maximum Gasteiger partial charge on any atom is 0.264 e. The van der Waals surface area contributed by atoms with Crippen LogP contribution in [0.25, 0.3) is 0 Å². The number of fused-ring (bicyclic) bond motifs is 1. The Morgan fingerprint density at radius 3 is 2.39 bits per heavy atom. The molecule has 6 heteroatoms. The summed E-state index contributed by atoms with van der Waals surface area (Å²) < 4.78 is 37.9. The van der Waals surface area contributed by atoms with Gasteiger partial charge < -0.3 is 9.47 Å². The maximum atomic E-state index is 11.1. The molecule has 0 heterocycles. The molecule has 2 aliphatic rings. The molecule has 106 valence electrons. The van der Waals surface area contributed by atoms with Gasteiger partial charge in [0, 0.05) is 7.11 Å². The molecule has 0 amide bonds. The summed E-state index contributed by atoms with van der Waals surface area (Å²) in [6.45, 7) is 0.339. The highest BCUT2D eigenvalue weighted by molar-refractivity contribution is 7.86. The molecule has 2 unspecified atom stereocenters. The molecule has 0 bridgehead atoms. The molecule has 2 aliphatic carbocycles. The fraction of sp³-hybridized carbons (Fsp3) is 1.00. The molecule has 0 spiro atoms. The van der Waals surface area contributed by atoms with Gasteiger partial charge in [-0.15, -0.1) is 0 Å². The van der Waals surface area contributed by atoms with Crippen molar-refractivity contribution in [3.8, 4) is 0 Å².